The maximum absolute atomic E-state index is 12.9. The van der Waals surface area contributed by atoms with Crippen molar-refractivity contribution in [3.63, 3.8) is 0 Å². The maximum atomic E-state index is 12.9. The number of rotatable bonds is 9. The number of carbonyl (C=O) groups is 1. The van der Waals surface area contributed by atoms with Crippen molar-refractivity contribution in [1.82, 2.24) is 5.32 Å². The second kappa shape index (κ2) is 10.2. The molecule has 1 N–H and O–H groups in total. The number of nitrogens with zero attached hydrogens (tertiary/aromatic N) is 1. The Morgan fingerprint density at radius 2 is 1.85 bits per heavy atom. The van der Waals surface area contributed by atoms with E-state index >= 15 is 0 Å². The molecule has 2 aromatic carbocycles. The third-order valence-corrected chi connectivity index (χ3v) is 7.80. The normalized spacial score (nSPS) is 17.1. The molecule has 0 saturated heterocycles. The Labute approximate surface area is 198 Å². The van der Waals surface area contributed by atoms with Crippen LogP contribution in [-0.4, -0.2) is 32.7 Å². The van der Waals surface area contributed by atoms with Crippen molar-refractivity contribution in [2.45, 2.75) is 71.4 Å². The fraction of sp³-hybridized carbons (Fsp3) is 0.500. The van der Waals surface area contributed by atoms with E-state index in [-0.39, 0.29) is 30.5 Å². The van der Waals surface area contributed by atoms with E-state index in [9.17, 15) is 13.2 Å². The molecule has 3 rings (SSSR count). The van der Waals surface area contributed by atoms with Crippen molar-refractivity contribution in [2.75, 3.05) is 17.1 Å². The first-order valence-corrected chi connectivity index (χ1v) is 13.6. The van der Waals surface area contributed by atoms with Gasteiger partial charge in [0.15, 0.2) is 0 Å². The zero-order valence-corrected chi connectivity index (χ0v) is 21.2. The number of carbonyl (C=O) groups excluding carboxylic acids is 1. The molecule has 0 spiro atoms. The topological polar surface area (TPSA) is 75.7 Å². The van der Waals surface area contributed by atoms with Gasteiger partial charge in [-0.15, -0.1) is 0 Å². The molecular weight excluding hydrogens is 436 g/mol. The number of para-hydroxylation sites is 1. The van der Waals surface area contributed by atoms with Gasteiger partial charge in [0.05, 0.1) is 18.0 Å². The number of hydrogen-bond acceptors (Lipinski definition) is 4. The summed E-state index contributed by atoms with van der Waals surface area (Å²) in [5.74, 6) is 0.753. The number of sulfonamides is 1. The molecule has 0 bridgehead atoms. The molecule has 7 heteroatoms. The molecular formula is C26H36N2O4S. The second-order valence-electron chi connectivity index (χ2n) is 9.08. The SMILES string of the molecule is CCC1(CC)C[C@@H](NC(=O)CCCN(c2cc(C)ccc2C)S(C)(=O)=O)c2ccccc2O1. The molecule has 1 aliphatic heterocycles. The second-order valence-corrected chi connectivity index (χ2v) is 11.0. The number of anilines is 1. The third kappa shape index (κ3) is 5.88. The lowest BCUT2D eigenvalue weighted by molar-refractivity contribution is -0.122. The summed E-state index contributed by atoms with van der Waals surface area (Å²) >= 11 is 0. The van der Waals surface area contributed by atoms with Crippen molar-refractivity contribution in [2.24, 2.45) is 0 Å². The highest BCUT2D eigenvalue weighted by atomic mass is 32.2. The van der Waals surface area contributed by atoms with Gasteiger partial charge in [-0.25, -0.2) is 8.42 Å². The van der Waals surface area contributed by atoms with Crippen LogP contribution in [0.3, 0.4) is 0 Å². The highest BCUT2D eigenvalue weighted by Gasteiger charge is 2.38. The van der Waals surface area contributed by atoms with Crippen LogP contribution in [0.2, 0.25) is 0 Å². The summed E-state index contributed by atoms with van der Waals surface area (Å²) < 4.78 is 32.7. The standard InChI is InChI=1S/C26H36N2O4S/c1-6-26(7-2)18-22(21-11-8-9-12-24(21)32-26)27-25(29)13-10-16-28(33(5,30)31)23-17-19(3)14-15-20(23)4/h8-9,11-12,14-15,17,22H,6-7,10,13,16,18H2,1-5H3,(H,27,29)/t22-/m1/s1. The largest absolute Gasteiger partial charge is 0.487 e. The summed E-state index contributed by atoms with van der Waals surface area (Å²) in [6, 6.07) is 13.5. The molecule has 0 saturated carbocycles. The Kier molecular flexibility index (Phi) is 7.73. The minimum atomic E-state index is -3.46. The van der Waals surface area contributed by atoms with E-state index in [2.05, 4.69) is 19.2 Å². The monoisotopic (exact) mass is 472 g/mol. The van der Waals surface area contributed by atoms with Crippen LogP contribution in [0.25, 0.3) is 0 Å². The van der Waals surface area contributed by atoms with Crippen molar-refractivity contribution in [3.05, 3.63) is 59.2 Å². The summed E-state index contributed by atoms with van der Waals surface area (Å²) in [7, 11) is -3.46. The molecule has 33 heavy (non-hydrogen) atoms. The van der Waals surface area contributed by atoms with Gasteiger partial charge in [-0.3, -0.25) is 9.10 Å². The number of ether oxygens (including phenoxy) is 1. The van der Waals surface area contributed by atoms with Gasteiger partial charge in [-0.05, 0) is 56.4 Å². The summed E-state index contributed by atoms with van der Waals surface area (Å²) in [6.45, 7) is 8.33. The highest BCUT2D eigenvalue weighted by molar-refractivity contribution is 7.92. The fourth-order valence-corrected chi connectivity index (χ4v) is 5.55. The molecule has 2 aromatic rings. The molecule has 1 amide bonds. The minimum absolute atomic E-state index is 0.0766. The highest BCUT2D eigenvalue weighted by Crippen LogP contribution is 2.42. The number of hydrogen-bond donors (Lipinski definition) is 1. The lowest BCUT2D eigenvalue weighted by atomic mass is 9.83. The Morgan fingerprint density at radius 3 is 2.52 bits per heavy atom. The van der Waals surface area contributed by atoms with E-state index in [1.54, 1.807) is 0 Å². The lowest BCUT2D eigenvalue weighted by Gasteiger charge is -2.41. The third-order valence-electron chi connectivity index (χ3n) is 6.62. The van der Waals surface area contributed by atoms with Crippen LogP contribution in [0.1, 0.15) is 68.7 Å². The summed E-state index contributed by atoms with van der Waals surface area (Å²) in [5, 5.41) is 3.18. The first-order chi connectivity index (χ1) is 15.6. The van der Waals surface area contributed by atoms with E-state index in [1.807, 2.05) is 56.3 Å². The Bertz CT molecular complexity index is 1090. The Balaban J connectivity index is 1.69. The quantitative estimate of drug-likeness (QED) is 0.554. The molecule has 0 aliphatic carbocycles. The van der Waals surface area contributed by atoms with Crippen molar-refractivity contribution in [1.29, 1.82) is 0 Å². The molecule has 1 atom stereocenters. The van der Waals surface area contributed by atoms with Crippen molar-refractivity contribution < 1.29 is 17.9 Å². The van der Waals surface area contributed by atoms with Crippen LogP contribution >= 0.6 is 0 Å². The van der Waals surface area contributed by atoms with Crippen LogP contribution in [0, 0.1) is 13.8 Å². The van der Waals surface area contributed by atoms with E-state index < -0.39 is 10.0 Å². The van der Waals surface area contributed by atoms with Gasteiger partial charge in [0.2, 0.25) is 15.9 Å². The maximum Gasteiger partial charge on any atom is 0.232 e. The van der Waals surface area contributed by atoms with E-state index in [0.717, 1.165) is 41.7 Å². The Morgan fingerprint density at radius 1 is 1.15 bits per heavy atom. The molecule has 6 nitrogen and oxygen atoms in total. The molecule has 0 radical (unpaired) electrons. The van der Waals surface area contributed by atoms with E-state index in [1.165, 1.54) is 10.6 Å². The van der Waals surface area contributed by atoms with Gasteiger partial charge in [0.25, 0.3) is 0 Å². The smallest absolute Gasteiger partial charge is 0.232 e. The van der Waals surface area contributed by atoms with Crippen LogP contribution < -0.4 is 14.4 Å². The molecule has 0 aromatic heterocycles. The number of benzene rings is 2. The fourth-order valence-electron chi connectivity index (χ4n) is 4.53. The lowest BCUT2D eigenvalue weighted by Crippen LogP contribution is -2.44. The molecule has 1 aliphatic rings. The average Bonchev–Trinajstić information content (AvgIpc) is 2.77. The van der Waals surface area contributed by atoms with Gasteiger partial charge in [0, 0.05) is 24.9 Å². The molecule has 0 unspecified atom stereocenters. The number of fused-ring (bicyclic) bond motifs is 1. The predicted molar refractivity (Wildman–Crippen MR) is 133 cm³/mol. The van der Waals surface area contributed by atoms with Crippen LogP contribution in [-0.2, 0) is 14.8 Å². The van der Waals surface area contributed by atoms with Gasteiger partial charge in [0.1, 0.15) is 11.4 Å². The van der Waals surface area contributed by atoms with E-state index in [0.29, 0.717) is 12.1 Å². The molecule has 1 heterocycles. The average molecular weight is 473 g/mol. The summed E-state index contributed by atoms with van der Waals surface area (Å²) in [5.41, 5.74) is 3.27. The van der Waals surface area contributed by atoms with Gasteiger partial charge >= 0.3 is 0 Å². The van der Waals surface area contributed by atoms with E-state index in [4.69, 9.17) is 4.74 Å². The van der Waals surface area contributed by atoms with Crippen molar-refractivity contribution >= 4 is 21.6 Å². The first-order valence-electron chi connectivity index (χ1n) is 11.7. The minimum Gasteiger partial charge on any atom is -0.487 e. The Hall–Kier alpha value is -2.54. The van der Waals surface area contributed by atoms with Crippen LogP contribution in [0.5, 0.6) is 5.75 Å². The number of amides is 1. The molecule has 0 fully saturated rings. The van der Waals surface area contributed by atoms with Gasteiger partial charge in [-0.2, -0.15) is 0 Å². The van der Waals surface area contributed by atoms with Crippen molar-refractivity contribution in [3.8, 4) is 5.75 Å². The van der Waals surface area contributed by atoms with Gasteiger partial charge in [-0.1, -0.05) is 44.2 Å². The number of nitrogens with one attached hydrogen (secondary N) is 1. The summed E-state index contributed by atoms with van der Waals surface area (Å²) in [6.07, 6.45) is 4.35. The zero-order chi connectivity index (χ0) is 24.2. The molecule has 180 valence electrons. The predicted octanol–water partition coefficient (Wildman–Crippen LogP) is 5.05. The van der Waals surface area contributed by atoms with Crippen LogP contribution in [0.4, 0.5) is 5.69 Å². The first kappa shape index (κ1) is 25.1. The number of aryl methyl sites for hydroxylation is 2. The van der Waals surface area contributed by atoms with Gasteiger partial charge < -0.3 is 10.1 Å². The summed E-state index contributed by atoms with van der Waals surface area (Å²) in [4.78, 5) is 12.9. The van der Waals surface area contributed by atoms with Crippen LogP contribution in [0.15, 0.2) is 42.5 Å². The zero-order valence-electron chi connectivity index (χ0n) is 20.3.